The SMILES string of the molecule is CCCCN1C(=O)NC(c2cccc(NC(=O)C(C)(C)C)c2)C(C(=O)OC)=C1C. The maximum absolute atomic E-state index is 12.7. The Labute approximate surface area is 172 Å². The average Bonchev–Trinajstić information content (AvgIpc) is 2.66. The average molecular weight is 402 g/mol. The predicted molar refractivity (Wildman–Crippen MR) is 112 cm³/mol. The number of nitrogens with zero attached hydrogens (tertiary/aromatic N) is 1. The molecule has 1 aliphatic heterocycles. The van der Waals surface area contributed by atoms with Crippen molar-refractivity contribution in [1.82, 2.24) is 10.2 Å². The smallest absolute Gasteiger partial charge is 0.337 e. The molecule has 1 atom stereocenters. The molecular weight excluding hydrogens is 370 g/mol. The van der Waals surface area contributed by atoms with Crippen molar-refractivity contribution in [3.05, 3.63) is 41.1 Å². The highest BCUT2D eigenvalue weighted by Gasteiger charge is 2.36. The molecule has 1 aliphatic rings. The Morgan fingerprint density at radius 3 is 2.55 bits per heavy atom. The van der Waals surface area contributed by atoms with E-state index in [-0.39, 0.29) is 11.9 Å². The molecule has 7 heteroatoms. The van der Waals surface area contributed by atoms with Gasteiger partial charge in [0.2, 0.25) is 5.91 Å². The number of carbonyl (C=O) groups excluding carboxylic acids is 3. The lowest BCUT2D eigenvalue weighted by atomic mass is 9.93. The third-order valence-corrected chi connectivity index (χ3v) is 4.90. The summed E-state index contributed by atoms with van der Waals surface area (Å²) in [6, 6.07) is 6.24. The van der Waals surface area contributed by atoms with Gasteiger partial charge >= 0.3 is 12.0 Å². The number of ether oxygens (including phenoxy) is 1. The molecule has 0 fully saturated rings. The zero-order valence-electron chi connectivity index (χ0n) is 18.1. The van der Waals surface area contributed by atoms with Gasteiger partial charge in [-0.3, -0.25) is 9.69 Å². The largest absolute Gasteiger partial charge is 0.466 e. The molecule has 2 N–H and O–H groups in total. The summed E-state index contributed by atoms with van der Waals surface area (Å²) < 4.78 is 4.99. The van der Waals surface area contributed by atoms with Crippen molar-refractivity contribution in [3.63, 3.8) is 0 Å². The highest BCUT2D eigenvalue weighted by molar-refractivity contribution is 5.96. The van der Waals surface area contributed by atoms with Gasteiger partial charge in [0.1, 0.15) is 0 Å². The van der Waals surface area contributed by atoms with Gasteiger partial charge in [0.25, 0.3) is 0 Å². The summed E-state index contributed by atoms with van der Waals surface area (Å²) in [4.78, 5) is 39.2. The van der Waals surface area contributed by atoms with Crippen molar-refractivity contribution in [2.75, 3.05) is 19.0 Å². The summed E-state index contributed by atoms with van der Waals surface area (Å²) in [5.74, 6) is -0.605. The number of hydrogen-bond acceptors (Lipinski definition) is 4. The van der Waals surface area contributed by atoms with Crippen molar-refractivity contribution < 1.29 is 19.1 Å². The van der Waals surface area contributed by atoms with Crippen LogP contribution in [-0.2, 0) is 14.3 Å². The van der Waals surface area contributed by atoms with E-state index >= 15 is 0 Å². The van der Waals surface area contributed by atoms with Crippen LogP contribution >= 0.6 is 0 Å². The van der Waals surface area contributed by atoms with Gasteiger partial charge in [-0.2, -0.15) is 0 Å². The van der Waals surface area contributed by atoms with Crippen LogP contribution in [0, 0.1) is 5.41 Å². The number of urea groups is 1. The predicted octanol–water partition coefficient (Wildman–Crippen LogP) is 3.98. The van der Waals surface area contributed by atoms with E-state index in [1.54, 1.807) is 30.0 Å². The van der Waals surface area contributed by atoms with Gasteiger partial charge in [0, 0.05) is 23.3 Å². The third-order valence-electron chi connectivity index (χ3n) is 4.90. The number of allylic oxidation sites excluding steroid dienone is 1. The molecule has 1 heterocycles. The lowest BCUT2D eigenvalue weighted by Crippen LogP contribution is -2.48. The van der Waals surface area contributed by atoms with Crippen molar-refractivity contribution in [2.24, 2.45) is 5.41 Å². The molecule has 29 heavy (non-hydrogen) atoms. The van der Waals surface area contributed by atoms with Crippen LogP contribution in [0.25, 0.3) is 0 Å². The van der Waals surface area contributed by atoms with Crippen molar-refractivity contribution >= 4 is 23.6 Å². The van der Waals surface area contributed by atoms with Crippen molar-refractivity contribution in [2.45, 2.75) is 53.5 Å². The molecule has 158 valence electrons. The number of amides is 3. The Bertz CT molecular complexity index is 824. The second-order valence-electron chi connectivity index (χ2n) is 8.21. The van der Waals surface area contributed by atoms with Crippen molar-refractivity contribution in [3.8, 4) is 0 Å². The summed E-state index contributed by atoms with van der Waals surface area (Å²) in [6.45, 7) is 9.84. The molecular formula is C22H31N3O4. The zero-order valence-corrected chi connectivity index (χ0v) is 18.1. The molecule has 1 aromatic rings. The summed E-state index contributed by atoms with van der Waals surface area (Å²) in [7, 11) is 1.33. The number of nitrogens with one attached hydrogen (secondary N) is 2. The minimum Gasteiger partial charge on any atom is -0.466 e. The molecule has 7 nitrogen and oxygen atoms in total. The summed E-state index contributed by atoms with van der Waals surface area (Å²) in [5, 5.41) is 5.80. The maximum Gasteiger partial charge on any atom is 0.337 e. The molecule has 1 aromatic carbocycles. The van der Waals surface area contributed by atoms with E-state index in [9.17, 15) is 14.4 Å². The third kappa shape index (κ3) is 5.16. The van der Waals surface area contributed by atoms with Gasteiger partial charge in [-0.1, -0.05) is 46.2 Å². The topological polar surface area (TPSA) is 87.7 Å². The molecule has 2 rings (SSSR count). The minimum atomic E-state index is -0.653. The highest BCUT2D eigenvalue weighted by atomic mass is 16.5. The molecule has 0 spiro atoms. The number of rotatable bonds is 6. The van der Waals surface area contributed by atoms with Crippen LogP contribution in [0.2, 0.25) is 0 Å². The fourth-order valence-corrected chi connectivity index (χ4v) is 3.11. The fourth-order valence-electron chi connectivity index (χ4n) is 3.11. The molecule has 0 bridgehead atoms. The first-order chi connectivity index (χ1) is 13.6. The lowest BCUT2D eigenvalue weighted by Gasteiger charge is -2.35. The normalized spacial score (nSPS) is 17.1. The highest BCUT2D eigenvalue weighted by Crippen LogP contribution is 2.32. The number of hydrogen-bond donors (Lipinski definition) is 2. The second-order valence-corrected chi connectivity index (χ2v) is 8.21. The van der Waals surface area contributed by atoms with Crippen LogP contribution in [0.5, 0.6) is 0 Å². The van der Waals surface area contributed by atoms with Crippen LogP contribution in [-0.4, -0.2) is 36.5 Å². The summed E-state index contributed by atoms with van der Waals surface area (Å²) in [5.41, 5.74) is 1.74. The Morgan fingerprint density at radius 2 is 1.97 bits per heavy atom. The molecule has 1 unspecified atom stereocenters. The second kappa shape index (κ2) is 9.11. The van der Waals surface area contributed by atoms with Crippen molar-refractivity contribution in [1.29, 1.82) is 0 Å². The van der Waals surface area contributed by atoms with E-state index in [0.717, 1.165) is 12.8 Å². The molecule has 0 saturated heterocycles. The standard InChI is InChI=1S/C22H31N3O4/c1-7-8-12-25-14(2)17(19(26)29-6)18(24-21(25)28)15-10-9-11-16(13-15)23-20(27)22(3,4)5/h9-11,13,18H,7-8,12H2,1-6H3,(H,23,27)(H,24,28). The van der Waals surface area contributed by atoms with Crippen LogP contribution in [0.1, 0.15) is 59.1 Å². The monoisotopic (exact) mass is 401 g/mol. The molecule has 0 saturated carbocycles. The lowest BCUT2D eigenvalue weighted by molar-refractivity contribution is -0.136. The Hall–Kier alpha value is -2.83. The van der Waals surface area contributed by atoms with Gasteiger partial charge in [-0.25, -0.2) is 9.59 Å². The van der Waals surface area contributed by atoms with Gasteiger partial charge in [-0.15, -0.1) is 0 Å². The van der Waals surface area contributed by atoms with Gasteiger partial charge < -0.3 is 15.4 Å². The summed E-state index contributed by atoms with van der Waals surface area (Å²) >= 11 is 0. The fraction of sp³-hybridized carbons (Fsp3) is 0.500. The Morgan fingerprint density at radius 1 is 1.28 bits per heavy atom. The van der Waals surface area contributed by atoms with Gasteiger partial charge in [0.15, 0.2) is 0 Å². The van der Waals surface area contributed by atoms with Gasteiger partial charge in [0.05, 0.1) is 18.7 Å². The Kier molecular flexibility index (Phi) is 7.06. The van der Waals surface area contributed by atoms with E-state index in [1.807, 2.05) is 33.8 Å². The number of carbonyl (C=O) groups is 3. The van der Waals surface area contributed by atoms with E-state index in [0.29, 0.717) is 29.1 Å². The maximum atomic E-state index is 12.7. The van der Waals surface area contributed by atoms with Gasteiger partial charge in [-0.05, 0) is 31.0 Å². The summed E-state index contributed by atoms with van der Waals surface area (Å²) in [6.07, 6.45) is 1.77. The number of unbranched alkanes of at least 4 members (excludes halogenated alkanes) is 1. The first kappa shape index (κ1) is 22.5. The molecule has 0 aromatic heterocycles. The number of anilines is 1. The first-order valence-corrected chi connectivity index (χ1v) is 9.88. The Balaban J connectivity index is 2.43. The zero-order chi connectivity index (χ0) is 21.8. The van der Waals surface area contributed by atoms with Crippen LogP contribution in [0.15, 0.2) is 35.5 Å². The van der Waals surface area contributed by atoms with Crippen LogP contribution in [0.4, 0.5) is 10.5 Å². The molecule has 3 amide bonds. The quantitative estimate of drug-likeness (QED) is 0.706. The number of methoxy groups -OCH3 is 1. The first-order valence-electron chi connectivity index (χ1n) is 9.88. The van der Waals surface area contributed by atoms with E-state index in [1.165, 1.54) is 7.11 Å². The number of benzene rings is 1. The van der Waals surface area contributed by atoms with E-state index < -0.39 is 17.4 Å². The van der Waals surface area contributed by atoms with E-state index in [4.69, 9.17) is 4.74 Å². The molecule has 0 radical (unpaired) electrons. The number of esters is 1. The minimum absolute atomic E-state index is 0.118. The van der Waals surface area contributed by atoms with Crippen LogP contribution in [0.3, 0.4) is 0 Å². The molecule has 0 aliphatic carbocycles. The van der Waals surface area contributed by atoms with Crippen LogP contribution < -0.4 is 10.6 Å². The van der Waals surface area contributed by atoms with E-state index in [2.05, 4.69) is 10.6 Å².